The number of rotatable bonds is 9. The van der Waals surface area contributed by atoms with E-state index in [2.05, 4.69) is 0 Å². The van der Waals surface area contributed by atoms with Gasteiger partial charge in [-0.15, -0.1) is 0 Å². The first kappa shape index (κ1) is 23.9. The number of aryl methyl sites for hydroxylation is 1. The molecule has 3 unspecified atom stereocenters. The second-order valence-electron chi connectivity index (χ2n) is 9.10. The smallest absolute Gasteiger partial charge is 0.335 e. The number of fused-ring (bicyclic) bond motifs is 1. The van der Waals surface area contributed by atoms with E-state index in [1.807, 2.05) is 42.5 Å². The molecule has 0 bridgehead atoms. The van der Waals surface area contributed by atoms with Gasteiger partial charge >= 0.3 is 5.97 Å². The maximum atomic E-state index is 12.5. The quantitative estimate of drug-likeness (QED) is 0.404. The minimum absolute atomic E-state index is 0.0801. The van der Waals surface area contributed by atoms with Crippen molar-refractivity contribution in [3.05, 3.63) is 95.1 Å². The Balaban J connectivity index is 1.39. The average Bonchev–Trinajstić information content (AvgIpc) is 3.20. The molecule has 1 saturated carbocycles. The predicted molar refractivity (Wildman–Crippen MR) is 132 cm³/mol. The molecule has 1 aliphatic rings. The molecule has 4 rings (SSSR count). The Hall–Kier alpha value is -3.28. The summed E-state index contributed by atoms with van der Waals surface area (Å²) in [6, 6.07) is 18.7. The molecule has 0 radical (unpaired) electrons. The summed E-state index contributed by atoms with van der Waals surface area (Å²) in [5.41, 5.74) is 3.00. The molecular formula is C29H30O5. The summed E-state index contributed by atoms with van der Waals surface area (Å²) in [6.45, 7) is -0.0801. The van der Waals surface area contributed by atoms with Crippen molar-refractivity contribution in [2.75, 3.05) is 0 Å². The number of carbonyl (C=O) groups excluding carboxylic acids is 1. The lowest BCUT2D eigenvalue weighted by Gasteiger charge is -2.16. The number of allylic oxidation sites excluding steroid dienone is 1. The van der Waals surface area contributed by atoms with Gasteiger partial charge in [0.15, 0.2) is 0 Å². The van der Waals surface area contributed by atoms with Crippen LogP contribution in [0.2, 0.25) is 0 Å². The van der Waals surface area contributed by atoms with E-state index in [0.717, 1.165) is 33.9 Å². The van der Waals surface area contributed by atoms with Crippen LogP contribution in [0.5, 0.6) is 0 Å². The minimum Gasteiger partial charge on any atom is -0.478 e. The van der Waals surface area contributed by atoms with Gasteiger partial charge in [-0.3, -0.25) is 4.79 Å². The molecule has 3 N–H and O–H groups in total. The summed E-state index contributed by atoms with van der Waals surface area (Å²) >= 11 is 0. The third-order valence-electron chi connectivity index (χ3n) is 6.85. The fourth-order valence-corrected chi connectivity index (χ4v) is 4.91. The van der Waals surface area contributed by atoms with E-state index in [9.17, 15) is 19.8 Å². The Morgan fingerprint density at radius 3 is 2.35 bits per heavy atom. The molecule has 0 aliphatic heterocycles. The highest BCUT2D eigenvalue weighted by atomic mass is 16.4. The first-order valence-electron chi connectivity index (χ1n) is 11.8. The number of benzene rings is 3. The summed E-state index contributed by atoms with van der Waals surface area (Å²) in [6.07, 6.45) is 6.21. The van der Waals surface area contributed by atoms with Crippen molar-refractivity contribution in [1.29, 1.82) is 0 Å². The van der Waals surface area contributed by atoms with Crippen LogP contribution in [0.3, 0.4) is 0 Å². The lowest BCUT2D eigenvalue weighted by Crippen LogP contribution is -2.15. The number of aliphatic hydroxyl groups is 2. The van der Waals surface area contributed by atoms with E-state index in [4.69, 9.17) is 5.11 Å². The number of aromatic carboxylic acids is 1. The molecule has 34 heavy (non-hydrogen) atoms. The Morgan fingerprint density at radius 2 is 1.71 bits per heavy atom. The molecule has 3 atom stereocenters. The van der Waals surface area contributed by atoms with Crippen LogP contribution in [0.15, 0.2) is 72.8 Å². The molecule has 5 nitrogen and oxygen atoms in total. The molecule has 0 aromatic heterocycles. The summed E-state index contributed by atoms with van der Waals surface area (Å²) in [5, 5.41) is 31.6. The van der Waals surface area contributed by atoms with Crippen LogP contribution in [0.25, 0.3) is 10.8 Å². The zero-order chi connectivity index (χ0) is 24.1. The van der Waals surface area contributed by atoms with E-state index in [0.29, 0.717) is 25.7 Å². The lowest BCUT2D eigenvalue weighted by atomic mass is 9.88. The van der Waals surface area contributed by atoms with Crippen LogP contribution in [-0.2, 0) is 24.2 Å². The highest BCUT2D eigenvalue weighted by Gasteiger charge is 2.32. The number of Topliss-reactive ketones (excluding diaryl/α,β-unsaturated/α-hetero) is 1. The number of hydrogen-bond acceptors (Lipinski definition) is 4. The van der Waals surface area contributed by atoms with E-state index < -0.39 is 12.1 Å². The number of carboxylic acid groups (broad SMARTS) is 1. The van der Waals surface area contributed by atoms with E-state index in [-0.39, 0.29) is 29.8 Å². The Morgan fingerprint density at radius 1 is 1.03 bits per heavy atom. The third kappa shape index (κ3) is 5.61. The van der Waals surface area contributed by atoms with Crippen molar-refractivity contribution in [2.24, 2.45) is 11.8 Å². The molecule has 0 saturated heterocycles. The van der Waals surface area contributed by atoms with Crippen molar-refractivity contribution >= 4 is 22.5 Å². The van der Waals surface area contributed by atoms with Gasteiger partial charge in [0, 0.05) is 18.8 Å². The van der Waals surface area contributed by atoms with Gasteiger partial charge in [0.2, 0.25) is 0 Å². The number of hydrogen-bond donors (Lipinski definition) is 3. The summed E-state index contributed by atoms with van der Waals surface area (Å²) in [5.74, 6) is -0.690. The van der Waals surface area contributed by atoms with Gasteiger partial charge in [-0.2, -0.15) is 0 Å². The van der Waals surface area contributed by atoms with Crippen LogP contribution in [0.4, 0.5) is 0 Å². The molecule has 176 valence electrons. The van der Waals surface area contributed by atoms with E-state index >= 15 is 0 Å². The van der Waals surface area contributed by atoms with Crippen molar-refractivity contribution in [3.8, 4) is 0 Å². The maximum Gasteiger partial charge on any atom is 0.335 e. The Labute approximate surface area is 199 Å². The number of aliphatic hydroxyl groups excluding tert-OH is 2. The molecule has 5 heteroatoms. The van der Waals surface area contributed by atoms with Gasteiger partial charge in [0.1, 0.15) is 5.78 Å². The summed E-state index contributed by atoms with van der Waals surface area (Å²) in [7, 11) is 0. The third-order valence-corrected chi connectivity index (χ3v) is 6.85. The molecule has 0 spiro atoms. The zero-order valence-corrected chi connectivity index (χ0v) is 19.1. The van der Waals surface area contributed by atoms with Gasteiger partial charge in [-0.05, 0) is 70.8 Å². The van der Waals surface area contributed by atoms with Crippen molar-refractivity contribution in [1.82, 2.24) is 0 Å². The van der Waals surface area contributed by atoms with Crippen molar-refractivity contribution in [3.63, 3.8) is 0 Å². The predicted octanol–water partition coefficient (Wildman–Crippen LogP) is 4.72. The maximum absolute atomic E-state index is 12.5. The molecule has 0 amide bonds. The van der Waals surface area contributed by atoms with Crippen molar-refractivity contribution < 1.29 is 24.9 Å². The molecule has 3 aromatic rings. The Kier molecular flexibility index (Phi) is 7.56. The monoisotopic (exact) mass is 458 g/mol. The number of ketones is 1. The number of carboxylic acids is 1. The first-order valence-corrected chi connectivity index (χ1v) is 11.8. The summed E-state index contributed by atoms with van der Waals surface area (Å²) in [4.78, 5) is 23.5. The zero-order valence-electron chi connectivity index (χ0n) is 19.1. The molecule has 0 heterocycles. The standard InChI is InChI=1S/C29H30O5/c30-18-25-16-23-4-2-1-3-22(23)15-24(25)17-26(31)12-10-20-11-14-28(32)27(20)13-7-19-5-8-21(9-6-19)29(33)34/h1-6,8-10,12,15-16,20,26-27,30-31H,7,11,13-14,17-18H2,(H,33,34)/b12-10+. The largest absolute Gasteiger partial charge is 0.478 e. The van der Waals surface area contributed by atoms with Gasteiger partial charge in [0.25, 0.3) is 0 Å². The molecule has 1 aliphatic carbocycles. The Bertz CT molecular complexity index is 1190. The minimum atomic E-state index is -0.948. The van der Waals surface area contributed by atoms with Crippen LogP contribution in [-0.4, -0.2) is 33.2 Å². The highest BCUT2D eigenvalue weighted by molar-refractivity contribution is 5.87. The lowest BCUT2D eigenvalue weighted by molar-refractivity contribution is -0.121. The van der Waals surface area contributed by atoms with Crippen LogP contribution in [0.1, 0.15) is 46.3 Å². The second-order valence-corrected chi connectivity index (χ2v) is 9.10. The topological polar surface area (TPSA) is 94.8 Å². The van der Waals surface area contributed by atoms with Gasteiger partial charge in [-0.1, -0.05) is 54.6 Å². The van der Waals surface area contributed by atoms with Gasteiger partial charge in [0.05, 0.1) is 18.3 Å². The van der Waals surface area contributed by atoms with E-state index in [1.165, 1.54) is 0 Å². The second kappa shape index (κ2) is 10.8. The highest BCUT2D eigenvalue weighted by Crippen LogP contribution is 2.33. The normalized spacial score (nSPS) is 19.2. The molecular weight excluding hydrogens is 428 g/mol. The molecule has 3 aromatic carbocycles. The number of carbonyl (C=O) groups is 2. The fraction of sp³-hybridized carbons (Fsp3) is 0.310. The first-order chi connectivity index (χ1) is 16.4. The average molecular weight is 459 g/mol. The van der Waals surface area contributed by atoms with Crippen LogP contribution < -0.4 is 0 Å². The van der Waals surface area contributed by atoms with Crippen LogP contribution >= 0.6 is 0 Å². The summed E-state index contributed by atoms with van der Waals surface area (Å²) < 4.78 is 0. The van der Waals surface area contributed by atoms with Gasteiger partial charge < -0.3 is 15.3 Å². The van der Waals surface area contributed by atoms with Crippen molar-refractivity contribution in [2.45, 2.75) is 44.8 Å². The van der Waals surface area contributed by atoms with Gasteiger partial charge in [-0.25, -0.2) is 4.79 Å². The fourth-order valence-electron chi connectivity index (χ4n) is 4.91. The van der Waals surface area contributed by atoms with Crippen LogP contribution in [0, 0.1) is 11.8 Å². The van der Waals surface area contributed by atoms with E-state index in [1.54, 1.807) is 30.3 Å². The SMILES string of the molecule is O=C(O)c1ccc(CCC2C(=O)CCC2/C=C/C(O)Cc2cc3ccccc3cc2CO)cc1. The molecule has 1 fully saturated rings.